The van der Waals surface area contributed by atoms with Crippen LogP contribution in [0.4, 0.5) is 0 Å². The van der Waals surface area contributed by atoms with Crippen molar-refractivity contribution in [1.82, 2.24) is 4.90 Å². The molecular weight excluding hydrogens is 350 g/mol. The van der Waals surface area contributed by atoms with E-state index in [1.165, 1.54) is 16.7 Å². The van der Waals surface area contributed by atoms with Gasteiger partial charge in [-0.2, -0.15) is 0 Å². The van der Waals surface area contributed by atoms with Crippen molar-refractivity contribution in [2.24, 2.45) is 0 Å². The van der Waals surface area contributed by atoms with Crippen LogP contribution in [0.25, 0.3) is 6.08 Å². The predicted molar refractivity (Wildman–Crippen MR) is 105 cm³/mol. The molecule has 1 unspecified atom stereocenters. The number of hydrogen-bond acceptors (Lipinski definition) is 4. The van der Waals surface area contributed by atoms with Crippen LogP contribution in [0.3, 0.4) is 0 Å². The van der Waals surface area contributed by atoms with E-state index in [-0.39, 0.29) is 12.0 Å². The van der Waals surface area contributed by atoms with Crippen molar-refractivity contribution < 1.29 is 9.53 Å². The molecule has 4 rings (SSSR count). The summed E-state index contributed by atoms with van der Waals surface area (Å²) in [5.41, 5.74) is 3.00. The van der Waals surface area contributed by atoms with Gasteiger partial charge in [0.15, 0.2) is 0 Å². The number of amides is 1. The second-order valence-corrected chi connectivity index (χ2v) is 7.51. The average molecular weight is 365 g/mol. The molecule has 0 aromatic heterocycles. The molecule has 0 radical (unpaired) electrons. The summed E-state index contributed by atoms with van der Waals surface area (Å²) in [6, 6.07) is 17.9. The number of hydrogen-bond donors (Lipinski definition) is 0. The molecule has 0 N–H and O–H groups in total. The molecule has 1 amide bonds. The Morgan fingerprint density at radius 1 is 1.12 bits per heavy atom. The number of rotatable bonds is 2. The molecule has 25 heavy (non-hydrogen) atoms. The maximum Gasteiger partial charge on any atom is 0.265 e. The topological polar surface area (TPSA) is 29.5 Å². The van der Waals surface area contributed by atoms with Crippen molar-refractivity contribution in [2.75, 3.05) is 7.05 Å². The lowest BCUT2D eigenvalue weighted by atomic mass is 9.95. The van der Waals surface area contributed by atoms with Gasteiger partial charge in [0.25, 0.3) is 5.91 Å². The van der Waals surface area contributed by atoms with Crippen molar-refractivity contribution in [3.8, 4) is 5.75 Å². The van der Waals surface area contributed by atoms with Gasteiger partial charge in [0.1, 0.15) is 16.2 Å². The fraction of sp³-hybridized carbons (Fsp3) is 0.100. The smallest absolute Gasteiger partial charge is 0.265 e. The number of benzene rings is 2. The molecule has 0 saturated carbocycles. The highest BCUT2D eigenvalue weighted by Gasteiger charge is 2.31. The van der Waals surface area contributed by atoms with E-state index in [1.807, 2.05) is 60.7 Å². The van der Waals surface area contributed by atoms with Crippen LogP contribution in [0.1, 0.15) is 17.2 Å². The molecule has 3 nitrogen and oxygen atoms in total. The van der Waals surface area contributed by atoms with Gasteiger partial charge in [0.05, 0.1) is 4.91 Å². The number of carbonyl (C=O) groups is 1. The molecule has 5 heteroatoms. The third-order valence-corrected chi connectivity index (χ3v) is 5.66. The Hall–Kier alpha value is -2.37. The van der Waals surface area contributed by atoms with Crippen LogP contribution in [0, 0.1) is 0 Å². The molecule has 0 aliphatic carbocycles. The highest BCUT2D eigenvalue weighted by atomic mass is 32.2. The third kappa shape index (κ3) is 3.01. The van der Waals surface area contributed by atoms with Gasteiger partial charge in [-0.25, -0.2) is 0 Å². The van der Waals surface area contributed by atoms with E-state index in [9.17, 15) is 4.79 Å². The van der Waals surface area contributed by atoms with E-state index in [0.717, 1.165) is 22.4 Å². The highest BCUT2D eigenvalue weighted by molar-refractivity contribution is 8.26. The van der Waals surface area contributed by atoms with Crippen LogP contribution in [0.2, 0.25) is 0 Å². The predicted octanol–water partition coefficient (Wildman–Crippen LogP) is 4.58. The number of likely N-dealkylation sites (N-methyl/N-ethyl adjacent to an activating group) is 1. The summed E-state index contributed by atoms with van der Waals surface area (Å²) in [4.78, 5) is 14.5. The largest absolute Gasteiger partial charge is 0.480 e. The second kappa shape index (κ2) is 6.50. The van der Waals surface area contributed by atoms with E-state index in [1.54, 1.807) is 7.05 Å². The Balaban J connectivity index is 1.80. The van der Waals surface area contributed by atoms with Crippen molar-refractivity contribution in [2.45, 2.75) is 6.10 Å². The van der Waals surface area contributed by atoms with E-state index in [4.69, 9.17) is 17.0 Å². The Morgan fingerprint density at radius 3 is 2.56 bits per heavy atom. The lowest BCUT2D eigenvalue weighted by Crippen LogP contribution is -2.22. The maximum absolute atomic E-state index is 12.4. The van der Waals surface area contributed by atoms with E-state index in [0.29, 0.717) is 9.23 Å². The molecule has 2 heterocycles. The van der Waals surface area contributed by atoms with Gasteiger partial charge in [-0.05, 0) is 29.4 Å². The average Bonchev–Trinajstić information content (AvgIpc) is 2.89. The first kappa shape index (κ1) is 16.1. The number of carbonyl (C=O) groups excluding carboxylic acids is 1. The second-order valence-electron chi connectivity index (χ2n) is 5.83. The van der Waals surface area contributed by atoms with E-state index in [2.05, 4.69) is 6.08 Å². The number of para-hydroxylation sites is 1. The quantitative estimate of drug-likeness (QED) is 0.576. The number of nitrogens with zero attached hydrogens (tertiary/aromatic N) is 1. The van der Waals surface area contributed by atoms with Crippen LogP contribution < -0.4 is 4.74 Å². The number of thiocarbonyl (C=S) groups is 1. The van der Waals surface area contributed by atoms with Crippen molar-refractivity contribution in [3.05, 3.63) is 82.3 Å². The Kier molecular flexibility index (Phi) is 4.19. The summed E-state index contributed by atoms with van der Waals surface area (Å²) < 4.78 is 6.82. The normalized spacial score (nSPS) is 21.2. The molecule has 1 saturated heterocycles. The van der Waals surface area contributed by atoms with Crippen molar-refractivity contribution >= 4 is 40.3 Å². The lowest BCUT2D eigenvalue weighted by Gasteiger charge is -2.26. The molecule has 124 valence electrons. The van der Waals surface area contributed by atoms with Gasteiger partial charge >= 0.3 is 0 Å². The van der Waals surface area contributed by atoms with E-state index >= 15 is 0 Å². The summed E-state index contributed by atoms with van der Waals surface area (Å²) >= 11 is 6.55. The SMILES string of the molecule is CN1C(=O)C(=CC2=Cc3ccccc3OC2c2ccccc2)SC1=S. The van der Waals surface area contributed by atoms with Gasteiger partial charge in [0, 0.05) is 12.6 Å². The van der Waals surface area contributed by atoms with Gasteiger partial charge in [0.2, 0.25) is 0 Å². The van der Waals surface area contributed by atoms with Crippen LogP contribution in [0.15, 0.2) is 71.2 Å². The van der Waals surface area contributed by atoms with Crippen molar-refractivity contribution in [3.63, 3.8) is 0 Å². The first-order valence-corrected chi connectivity index (χ1v) is 9.10. The molecule has 2 aromatic carbocycles. The minimum absolute atomic E-state index is 0.0680. The monoisotopic (exact) mass is 365 g/mol. The summed E-state index contributed by atoms with van der Waals surface area (Å²) in [5, 5.41) is 0. The molecule has 1 fully saturated rings. The molecule has 2 aliphatic heterocycles. The molecule has 0 bridgehead atoms. The molecule has 2 aromatic rings. The molecule has 2 aliphatic rings. The van der Waals surface area contributed by atoms with E-state index < -0.39 is 0 Å². The number of fused-ring (bicyclic) bond motifs is 1. The minimum atomic E-state index is -0.253. The fourth-order valence-electron chi connectivity index (χ4n) is 2.86. The minimum Gasteiger partial charge on any atom is -0.480 e. The Bertz CT molecular complexity index is 918. The van der Waals surface area contributed by atoms with Gasteiger partial charge in [-0.15, -0.1) is 0 Å². The third-order valence-electron chi connectivity index (χ3n) is 4.18. The summed E-state index contributed by atoms with van der Waals surface area (Å²) in [7, 11) is 1.70. The molecule has 0 spiro atoms. The maximum atomic E-state index is 12.4. The zero-order chi connectivity index (χ0) is 17.4. The van der Waals surface area contributed by atoms with Gasteiger partial charge < -0.3 is 4.74 Å². The first-order valence-electron chi connectivity index (χ1n) is 7.87. The lowest BCUT2D eigenvalue weighted by molar-refractivity contribution is -0.121. The van der Waals surface area contributed by atoms with Crippen LogP contribution in [0.5, 0.6) is 5.75 Å². The first-order chi connectivity index (χ1) is 12.1. The van der Waals surface area contributed by atoms with Gasteiger partial charge in [-0.3, -0.25) is 9.69 Å². The van der Waals surface area contributed by atoms with Crippen LogP contribution in [-0.2, 0) is 4.79 Å². The number of thioether (sulfide) groups is 1. The number of ether oxygens (including phenoxy) is 1. The summed E-state index contributed by atoms with van der Waals surface area (Å²) in [5.74, 6) is 0.776. The zero-order valence-electron chi connectivity index (χ0n) is 13.5. The highest BCUT2D eigenvalue weighted by Crippen LogP contribution is 2.40. The Morgan fingerprint density at radius 2 is 1.84 bits per heavy atom. The molecule has 1 atom stereocenters. The zero-order valence-corrected chi connectivity index (χ0v) is 15.1. The van der Waals surface area contributed by atoms with Gasteiger partial charge in [-0.1, -0.05) is 72.5 Å². The summed E-state index contributed by atoms with van der Waals surface area (Å²) in [6.45, 7) is 0. The summed E-state index contributed by atoms with van der Waals surface area (Å²) in [6.07, 6.45) is 3.73. The Labute approximate surface area is 156 Å². The van der Waals surface area contributed by atoms with Crippen LogP contribution in [-0.4, -0.2) is 22.2 Å². The van der Waals surface area contributed by atoms with Crippen molar-refractivity contribution in [1.29, 1.82) is 0 Å². The standard InChI is InChI=1S/C20H15NO2S2/c1-21-19(22)17(25-20(21)24)12-15-11-14-9-5-6-10-16(14)23-18(15)13-7-3-2-4-8-13/h2-12,18H,1H3. The molecular formula is C20H15NO2S2. The van der Waals surface area contributed by atoms with Crippen LogP contribution >= 0.6 is 24.0 Å². The fourth-order valence-corrected chi connectivity index (χ4v) is 4.04.